The number of carbonyl (C=O) groups is 1. The zero-order chi connectivity index (χ0) is 19.4. The van der Waals surface area contributed by atoms with Crippen LogP contribution in [0, 0.1) is 6.92 Å². The molecule has 5 nitrogen and oxygen atoms in total. The molecule has 0 aliphatic rings. The Morgan fingerprint density at radius 3 is 2.52 bits per heavy atom. The van der Waals surface area contributed by atoms with Crippen LogP contribution in [-0.4, -0.2) is 36.4 Å². The van der Waals surface area contributed by atoms with E-state index in [-0.39, 0.29) is 12.3 Å². The van der Waals surface area contributed by atoms with E-state index >= 15 is 0 Å². The van der Waals surface area contributed by atoms with Gasteiger partial charge in [-0.25, -0.2) is 4.98 Å². The fraction of sp³-hybridized carbons (Fsp3) is 0.333. The first kappa shape index (κ1) is 19.2. The number of amides is 1. The molecule has 1 aromatic carbocycles. The van der Waals surface area contributed by atoms with Crippen LogP contribution in [-0.2, 0) is 17.8 Å². The van der Waals surface area contributed by atoms with Crippen molar-refractivity contribution >= 4 is 22.9 Å². The summed E-state index contributed by atoms with van der Waals surface area (Å²) in [4.78, 5) is 22.2. The third-order valence-electron chi connectivity index (χ3n) is 4.50. The van der Waals surface area contributed by atoms with Gasteiger partial charge in [-0.05, 0) is 43.0 Å². The number of hydrogen-bond donors (Lipinski definition) is 0. The summed E-state index contributed by atoms with van der Waals surface area (Å²) < 4.78 is 5.75. The van der Waals surface area contributed by atoms with Gasteiger partial charge in [0.1, 0.15) is 5.76 Å². The Hall–Kier alpha value is -2.60. The first-order chi connectivity index (χ1) is 13.0. The Morgan fingerprint density at radius 2 is 1.93 bits per heavy atom. The van der Waals surface area contributed by atoms with Crippen LogP contribution in [0.3, 0.4) is 0 Å². The highest BCUT2D eigenvalue weighted by atomic mass is 32.1. The first-order valence-electron chi connectivity index (χ1n) is 9.02. The normalized spacial score (nSPS) is 10.8. The summed E-state index contributed by atoms with van der Waals surface area (Å²) in [5, 5.41) is 1.99. The van der Waals surface area contributed by atoms with Crippen LogP contribution in [0.2, 0.25) is 0 Å². The second-order valence-electron chi connectivity index (χ2n) is 6.64. The number of aryl methyl sites for hydroxylation is 1. The molecule has 3 aromatic rings. The molecule has 0 atom stereocenters. The van der Waals surface area contributed by atoms with Crippen molar-refractivity contribution in [2.24, 2.45) is 0 Å². The van der Waals surface area contributed by atoms with Crippen molar-refractivity contribution in [1.29, 1.82) is 0 Å². The number of thiophene rings is 1. The van der Waals surface area contributed by atoms with Crippen LogP contribution in [0.25, 0.3) is 10.8 Å². The number of aromatic nitrogens is 1. The van der Waals surface area contributed by atoms with Gasteiger partial charge in [0.05, 0.1) is 17.0 Å². The van der Waals surface area contributed by atoms with E-state index in [4.69, 9.17) is 4.42 Å². The maximum absolute atomic E-state index is 12.8. The van der Waals surface area contributed by atoms with E-state index in [1.165, 1.54) is 0 Å². The number of carbonyl (C=O) groups excluding carboxylic acids is 1. The van der Waals surface area contributed by atoms with Gasteiger partial charge < -0.3 is 14.2 Å². The van der Waals surface area contributed by atoms with Crippen molar-refractivity contribution < 1.29 is 9.21 Å². The fourth-order valence-corrected chi connectivity index (χ4v) is 3.50. The van der Waals surface area contributed by atoms with Crippen molar-refractivity contribution in [3.05, 3.63) is 58.8 Å². The highest BCUT2D eigenvalue weighted by Crippen LogP contribution is 2.26. The molecule has 0 saturated heterocycles. The third-order valence-corrected chi connectivity index (χ3v) is 5.36. The van der Waals surface area contributed by atoms with Gasteiger partial charge in [-0.3, -0.25) is 4.79 Å². The van der Waals surface area contributed by atoms with Crippen LogP contribution >= 0.6 is 11.3 Å². The maximum atomic E-state index is 12.8. The van der Waals surface area contributed by atoms with E-state index in [9.17, 15) is 4.79 Å². The van der Waals surface area contributed by atoms with Gasteiger partial charge in [-0.1, -0.05) is 18.2 Å². The number of rotatable bonds is 7. The molecule has 0 bridgehead atoms. The molecule has 1 amide bonds. The molecule has 3 rings (SSSR count). The van der Waals surface area contributed by atoms with Crippen molar-refractivity contribution in [3.63, 3.8) is 0 Å². The number of anilines is 1. The average molecular weight is 384 g/mol. The molecule has 0 aliphatic heterocycles. The molecule has 0 saturated carbocycles. The van der Waals surface area contributed by atoms with Crippen LogP contribution in [0.4, 0.5) is 5.69 Å². The number of nitrogens with zero attached hydrogens (tertiary/aromatic N) is 3. The van der Waals surface area contributed by atoms with Gasteiger partial charge in [0.15, 0.2) is 0 Å². The highest BCUT2D eigenvalue weighted by molar-refractivity contribution is 7.13. The summed E-state index contributed by atoms with van der Waals surface area (Å²) in [6, 6.07) is 12.2. The standard InChI is InChI=1S/C21H25N3O2S/c1-5-24(14-16-8-10-17(11-9-16)23(3)4)20(25)13-18-15(2)26-21(22-18)19-7-6-12-27-19/h6-12H,5,13-14H2,1-4H3. The van der Waals surface area contributed by atoms with Crippen molar-refractivity contribution in [2.45, 2.75) is 26.8 Å². The summed E-state index contributed by atoms with van der Waals surface area (Å²) in [5.74, 6) is 1.36. The number of benzene rings is 1. The van der Waals surface area contributed by atoms with Crippen LogP contribution in [0.5, 0.6) is 0 Å². The SMILES string of the molecule is CCN(Cc1ccc(N(C)C)cc1)C(=O)Cc1nc(-c2cccs2)oc1C. The molecule has 0 unspecified atom stereocenters. The second kappa shape index (κ2) is 8.39. The highest BCUT2D eigenvalue weighted by Gasteiger charge is 2.19. The quantitative estimate of drug-likeness (QED) is 0.608. The minimum atomic E-state index is 0.0586. The summed E-state index contributed by atoms with van der Waals surface area (Å²) in [6.07, 6.45) is 0.254. The molecule has 142 valence electrons. The Balaban J connectivity index is 1.68. The van der Waals surface area contributed by atoms with E-state index in [1.54, 1.807) is 11.3 Å². The molecule has 0 fully saturated rings. The number of likely N-dealkylation sites (N-methyl/N-ethyl adjacent to an activating group) is 1. The summed E-state index contributed by atoms with van der Waals surface area (Å²) in [7, 11) is 4.03. The lowest BCUT2D eigenvalue weighted by atomic mass is 10.1. The van der Waals surface area contributed by atoms with E-state index < -0.39 is 0 Å². The van der Waals surface area contributed by atoms with E-state index in [1.807, 2.05) is 50.4 Å². The predicted octanol–water partition coefficient (Wildman–Crippen LogP) is 4.37. The predicted molar refractivity (Wildman–Crippen MR) is 110 cm³/mol. The van der Waals surface area contributed by atoms with Gasteiger partial charge in [-0.2, -0.15) is 0 Å². The lowest BCUT2D eigenvalue weighted by Crippen LogP contribution is -2.31. The molecule has 0 spiro atoms. The molecule has 2 aromatic heterocycles. The fourth-order valence-electron chi connectivity index (χ4n) is 2.85. The molecule has 0 N–H and O–H groups in total. The van der Waals surface area contributed by atoms with E-state index in [0.29, 0.717) is 30.4 Å². The smallest absolute Gasteiger partial charge is 0.236 e. The average Bonchev–Trinajstić information content (AvgIpc) is 3.30. The number of hydrogen-bond acceptors (Lipinski definition) is 5. The Labute approximate surface area is 164 Å². The van der Waals surface area contributed by atoms with Crippen LogP contribution in [0.1, 0.15) is 23.9 Å². The van der Waals surface area contributed by atoms with E-state index in [0.717, 1.165) is 16.1 Å². The zero-order valence-electron chi connectivity index (χ0n) is 16.2. The lowest BCUT2D eigenvalue weighted by Gasteiger charge is -2.21. The molecular weight excluding hydrogens is 358 g/mol. The third kappa shape index (κ3) is 4.57. The largest absolute Gasteiger partial charge is 0.440 e. The molecule has 6 heteroatoms. The Bertz CT molecular complexity index is 883. The Kier molecular flexibility index (Phi) is 5.96. The number of oxazole rings is 1. The van der Waals surface area contributed by atoms with Crippen LogP contribution in [0.15, 0.2) is 46.2 Å². The van der Waals surface area contributed by atoms with Gasteiger partial charge in [-0.15, -0.1) is 11.3 Å². The summed E-state index contributed by atoms with van der Waals surface area (Å²) in [6.45, 7) is 5.11. The zero-order valence-corrected chi connectivity index (χ0v) is 17.0. The first-order valence-corrected chi connectivity index (χ1v) is 9.90. The van der Waals surface area contributed by atoms with Crippen LogP contribution < -0.4 is 4.90 Å². The summed E-state index contributed by atoms with van der Waals surface area (Å²) >= 11 is 1.58. The molecular formula is C21H25N3O2S. The van der Waals surface area contributed by atoms with E-state index in [2.05, 4.69) is 34.1 Å². The topological polar surface area (TPSA) is 49.6 Å². The van der Waals surface area contributed by atoms with Gasteiger partial charge in [0.2, 0.25) is 11.8 Å². The second-order valence-corrected chi connectivity index (χ2v) is 7.59. The lowest BCUT2D eigenvalue weighted by molar-refractivity contribution is -0.130. The summed E-state index contributed by atoms with van der Waals surface area (Å²) in [5.41, 5.74) is 2.98. The molecule has 27 heavy (non-hydrogen) atoms. The van der Waals surface area contributed by atoms with Crippen molar-refractivity contribution in [2.75, 3.05) is 25.5 Å². The molecule has 2 heterocycles. The Morgan fingerprint density at radius 1 is 1.19 bits per heavy atom. The maximum Gasteiger partial charge on any atom is 0.236 e. The van der Waals surface area contributed by atoms with Gasteiger partial charge in [0, 0.05) is 32.9 Å². The molecule has 0 radical (unpaired) electrons. The van der Waals surface area contributed by atoms with Gasteiger partial charge in [0.25, 0.3) is 0 Å². The van der Waals surface area contributed by atoms with Crippen molar-refractivity contribution in [3.8, 4) is 10.8 Å². The molecule has 0 aliphatic carbocycles. The minimum Gasteiger partial charge on any atom is -0.440 e. The minimum absolute atomic E-state index is 0.0586. The van der Waals surface area contributed by atoms with Crippen molar-refractivity contribution in [1.82, 2.24) is 9.88 Å². The monoisotopic (exact) mass is 383 g/mol. The van der Waals surface area contributed by atoms with Gasteiger partial charge >= 0.3 is 0 Å².